The molecule has 0 radical (unpaired) electrons. The smallest absolute Gasteiger partial charge is 0.431 e. The standard InChI is InChI=1S/C9H8F10.C6H3F10I.BrH/c1-2-3-5(7(11,12)13)4-6(10,8(14,15)16)9(17,18)19;7-3(5(11,12)13,6(14,15)16)1-2(17)4(8,9)10;/h2,5H,1,3-4H2;2H,1H2;1H/p-1. The predicted molar refractivity (Wildman–Crippen MR) is 89.4 cm³/mol. The average Bonchev–Trinajstić information content (AvgIpc) is 2.56. The molecule has 0 N–H and O–H groups in total. The third kappa shape index (κ3) is 10.9. The van der Waals surface area contributed by atoms with Crippen molar-refractivity contribution in [2.75, 3.05) is 0 Å². The van der Waals surface area contributed by atoms with Crippen LogP contribution in [0.5, 0.6) is 0 Å². The monoisotopic (exact) mass is 777 g/mol. The molecule has 0 nitrogen and oxygen atoms in total. The van der Waals surface area contributed by atoms with Crippen LogP contribution in [0.25, 0.3) is 0 Å². The Labute approximate surface area is 217 Å². The molecule has 2 atom stereocenters. The first-order valence-electron chi connectivity index (χ1n) is 8.32. The van der Waals surface area contributed by atoms with Gasteiger partial charge in [0, 0.05) is 12.8 Å². The van der Waals surface area contributed by atoms with Crippen LogP contribution in [0, 0.1) is 5.92 Å². The largest absolute Gasteiger partial charge is 1.00 e. The summed E-state index contributed by atoms with van der Waals surface area (Å²) < 4.78 is 239. The van der Waals surface area contributed by atoms with E-state index in [-0.39, 0.29) is 39.6 Å². The molecule has 22 heteroatoms. The van der Waals surface area contributed by atoms with Crippen molar-refractivity contribution in [2.24, 2.45) is 5.92 Å². The summed E-state index contributed by atoms with van der Waals surface area (Å²) in [6.45, 7) is 2.78. The van der Waals surface area contributed by atoms with Gasteiger partial charge in [-0.1, -0.05) is 28.7 Å². The molecule has 0 aliphatic rings. The highest BCUT2D eigenvalue weighted by Crippen LogP contribution is 2.53. The zero-order chi connectivity index (χ0) is 30.0. The van der Waals surface area contributed by atoms with Crippen molar-refractivity contribution >= 4 is 22.6 Å². The fraction of sp³-hybridized carbons (Fsp3) is 0.867. The first kappa shape index (κ1) is 41.0. The third-order valence-corrected chi connectivity index (χ3v) is 5.20. The van der Waals surface area contributed by atoms with Crippen LogP contribution in [-0.2, 0) is 0 Å². The Hall–Kier alpha value is -0.450. The molecule has 0 saturated carbocycles. The maximum Gasteiger partial charge on any atom is 0.431 e. The summed E-state index contributed by atoms with van der Waals surface area (Å²) in [5.74, 6) is -3.13. The number of allylic oxidation sites excluding steroid dienone is 1. The minimum absolute atomic E-state index is 0. The van der Waals surface area contributed by atoms with Gasteiger partial charge in [-0.3, -0.25) is 0 Å². The lowest BCUT2D eigenvalue weighted by Gasteiger charge is -2.33. The number of rotatable bonds is 6. The fourth-order valence-corrected chi connectivity index (χ4v) is 2.63. The Morgan fingerprint density at radius 2 is 0.784 bits per heavy atom. The minimum atomic E-state index is -6.49. The molecule has 0 aromatic rings. The SMILES string of the molecule is C=CCC(CC(F)(C(F)(F)F)C(F)(F)F)C(F)(F)F.FC(F)(F)C(I)CC(F)(C(F)(F)F)C(F)(F)F.[Br-]. The number of hydrogen-bond acceptors (Lipinski definition) is 0. The van der Waals surface area contributed by atoms with Crippen molar-refractivity contribution in [3.63, 3.8) is 0 Å². The zero-order valence-corrected chi connectivity index (χ0v) is 20.6. The highest BCUT2D eigenvalue weighted by molar-refractivity contribution is 14.1. The lowest BCUT2D eigenvalue weighted by molar-refractivity contribution is -0.352. The maximum atomic E-state index is 13.1. The Morgan fingerprint density at radius 1 is 0.514 bits per heavy atom. The summed E-state index contributed by atoms with van der Waals surface area (Å²) in [4.78, 5) is 0. The summed E-state index contributed by atoms with van der Waals surface area (Å²) in [7, 11) is 0. The quantitative estimate of drug-likeness (QED) is 0.125. The van der Waals surface area contributed by atoms with Crippen LogP contribution in [0.15, 0.2) is 12.7 Å². The second-order valence-corrected chi connectivity index (χ2v) is 8.28. The third-order valence-electron chi connectivity index (χ3n) is 4.05. The molecule has 2 unspecified atom stereocenters. The molecule has 0 aliphatic heterocycles. The van der Waals surface area contributed by atoms with Crippen molar-refractivity contribution in [3.05, 3.63) is 12.7 Å². The van der Waals surface area contributed by atoms with Crippen molar-refractivity contribution in [2.45, 2.75) is 71.6 Å². The summed E-state index contributed by atoms with van der Waals surface area (Å²) in [6.07, 6.45) is -43.0. The normalized spacial score (nSPS) is 16.2. The van der Waals surface area contributed by atoms with Crippen LogP contribution in [0.3, 0.4) is 0 Å². The van der Waals surface area contributed by atoms with E-state index in [4.69, 9.17) is 0 Å². The van der Waals surface area contributed by atoms with E-state index in [2.05, 4.69) is 6.58 Å². The van der Waals surface area contributed by atoms with E-state index in [0.717, 1.165) is 0 Å². The van der Waals surface area contributed by atoms with Crippen LogP contribution >= 0.6 is 22.6 Å². The van der Waals surface area contributed by atoms with Gasteiger partial charge in [0.2, 0.25) is 0 Å². The van der Waals surface area contributed by atoms with Gasteiger partial charge in [-0.15, -0.1) is 6.58 Å². The van der Waals surface area contributed by atoms with Crippen molar-refractivity contribution in [3.8, 4) is 0 Å². The summed E-state index contributed by atoms with van der Waals surface area (Å²) in [5.41, 5.74) is -11.8. The van der Waals surface area contributed by atoms with E-state index in [1.807, 2.05) is 0 Å². The fourth-order valence-electron chi connectivity index (χ4n) is 2.02. The van der Waals surface area contributed by atoms with Gasteiger partial charge in [0.25, 0.3) is 5.67 Å². The Kier molecular flexibility index (Phi) is 14.2. The number of hydrogen-bond donors (Lipinski definition) is 0. The maximum absolute atomic E-state index is 13.1. The molecular weight excluding hydrogens is 767 g/mol. The molecule has 0 amide bonds. The summed E-state index contributed by atoms with van der Waals surface area (Å²) in [6, 6.07) is 0. The van der Waals surface area contributed by atoms with Gasteiger partial charge in [0.05, 0.1) is 5.92 Å². The predicted octanol–water partition coefficient (Wildman–Crippen LogP) is 6.54. The zero-order valence-electron chi connectivity index (χ0n) is 16.9. The van der Waals surface area contributed by atoms with E-state index in [9.17, 15) is 87.8 Å². The molecule has 0 fully saturated rings. The Bertz CT molecular complexity index is 665. The molecule has 37 heavy (non-hydrogen) atoms. The van der Waals surface area contributed by atoms with Crippen LogP contribution in [0.4, 0.5) is 87.8 Å². The first-order chi connectivity index (χ1) is 15.3. The first-order valence-corrected chi connectivity index (χ1v) is 9.57. The van der Waals surface area contributed by atoms with Crippen LogP contribution in [0.2, 0.25) is 0 Å². The topological polar surface area (TPSA) is 0 Å². The molecule has 0 aromatic heterocycles. The lowest BCUT2D eigenvalue weighted by Crippen LogP contribution is -3.00. The molecular formula is C15H11BrF20I-. The Morgan fingerprint density at radius 3 is 0.973 bits per heavy atom. The average molecular weight is 778 g/mol. The minimum Gasteiger partial charge on any atom is -1.00 e. The van der Waals surface area contributed by atoms with Crippen LogP contribution in [-0.4, -0.2) is 52.3 Å². The van der Waals surface area contributed by atoms with Gasteiger partial charge in [0.15, 0.2) is 0 Å². The van der Waals surface area contributed by atoms with E-state index in [1.165, 1.54) is 0 Å². The molecule has 0 spiro atoms. The van der Waals surface area contributed by atoms with Crippen LogP contribution in [0.1, 0.15) is 19.3 Å². The highest BCUT2D eigenvalue weighted by Gasteiger charge is 2.74. The summed E-state index contributed by atoms with van der Waals surface area (Å²) >= 11 is 0.288. The van der Waals surface area contributed by atoms with E-state index < -0.39 is 77.5 Å². The molecule has 0 aromatic carbocycles. The molecule has 0 heterocycles. The second-order valence-electron chi connectivity index (χ2n) is 6.77. The van der Waals surface area contributed by atoms with Crippen molar-refractivity contribution in [1.29, 1.82) is 0 Å². The lowest BCUT2D eigenvalue weighted by atomic mass is 9.88. The van der Waals surface area contributed by atoms with Gasteiger partial charge < -0.3 is 17.0 Å². The Balaban J connectivity index is -0.000000612. The van der Waals surface area contributed by atoms with Gasteiger partial charge in [-0.25, -0.2) is 8.78 Å². The summed E-state index contributed by atoms with van der Waals surface area (Å²) in [5, 5.41) is 0. The van der Waals surface area contributed by atoms with E-state index in [1.54, 1.807) is 0 Å². The van der Waals surface area contributed by atoms with Gasteiger partial charge in [0.1, 0.15) is 3.92 Å². The van der Waals surface area contributed by atoms with E-state index >= 15 is 0 Å². The van der Waals surface area contributed by atoms with Gasteiger partial charge in [-0.05, 0) is 6.42 Å². The molecule has 226 valence electrons. The second kappa shape index (κ2) is 12.8. The van der Waals surface area contributed by atoms with Gasteiger partial charge >= 0.3 is 42.7 Å². The molecule has 0 saturated heterocycles. The van der Waals surface area contributed by atoms with E-state index in [0.29, 0.717) is 6.08 Å². The van der Waals surface area contributed by atoms with Crippen molar-refractivity contribution in [1.82, 2.24) is 0 Å². The molecule has 0 aliphatic carbocycles. The van der Waals surface area contributed by atoms with Crippen LogP contribution < -0.4 is 17.0 Å². The van der Waals surface area contributed by atoms with Gasteiger partial charge in [-0.2, -0.15) is 79.0 Å². The number of alkyl halides is 21. The number of halogens is 22. The highest BCUT2D eigenvalue weighted by atomic mass is 127. The van der Waals surface area contributed by atoms with Crippen molar-refractivity contribution < 1.29 is 105 Å². The molecule has 0 rings (SSSR count). The molecule has 0 bridgehead atoms.